The molecule has 3 aliphatic rings. The summed E-state index contributed by atoms with van der Waals surface area (Å²) in [6.45, 7) is 7.91. The minimum atomic E-state index is -0.584. The Morgan fingerprint density at radius 1 is 1.10 bits per heavy atom. The van der Waals surface area contributed by atoms with Crippen molar-refractivity contribution in [2.24, 2.45) is 0 Å². The Balaban J connectivity index is 1.38. The highest BCUT2D eigenvalue weighted by molar-refractivity contribution is 6.07. The molecule has 1 saturated heterocycles. The van der Waals surface area contributed by atoms with Gasteiger partial charge in [0.2, 0.25) is 11.9 Å². The van der Waals surface area contributed by atoms with Crippen LogP contribution in [-0.4, -0.2) is 53.1 Å². The number of nitrogens with zero attached hydrogens (tertiary/aromatic N) is 5. The summed E-state index contributed by atoms with van der Waals surface area (Å²) in [5.41, 5.74) is 1.45. The van der Waals surface area contributed by atoms with Crippen LogP contribution in [0.15, 0.2) is 24.5 Å². The Kier molecular flexibility index (Phi) is 4.81. The molecule has 5 rings (SSSR count). The molecule has 0 atom stereocenters. The van der Waals surface area contributed by atoms with Crippen LogP contribution in [-0.2, 0) is 10.2 Å². The third-order valence-corrected chi connectivity index (χ3v) is 6.58. The average molecular weight is 408 g/mol. The summed E-state index contributed by atoms with van der Waals surface area (Å²) in [6, 6.07) is 4.28. The van der Waals surface area contributed by atoms with Gasteiger partial charge < -0.3 is 15.5 Å². The molecular formula is C22H29N7O. The van der Waals surface area contributed by atoms with Crippen LogP contribution < -0.4 is 20.4 Å². The summed E-state index contributed by atoms with van der Waals surface area (Å²) in [5.74, 6) is 2.07. The monoisotopic (exact) mass is 407 g/mol. The number of anilines is 4. The standard InChI is InChI=1S/C22H29N7O/c1-22(2)17-14-25-21(27-19(17)29(20(22)30)15-5-3-4-6-15)26-18-8-7-16(13-24-18)28-11-9-23-10-12-28/h7-8,13-15,23H,3-6,9-12H2,1-2H3,(H,24,25,26,27). The summed E-state index contributed by atoms with van der Waals surface area (Å²) in [7, 11) is 0. The second-order valence-electron chi connectivity index (χ2n) is 8.93. The van der Waals surface area contributed by atoms with Crippen LogP contribution in [0.1, 0.15) is 45.1 Å². The largest absolute Gasteiger partial charge is 0.368 e. The van der Waals surface area contributed by atoms with E-state index in [-0.39, 0.29) is 11.9 Å². The molecular weight excluding hydrogens is 378 g/mol. The van der Waals surface area contributed by atoms with Crippen molar-refractivity contribution in [3.05, 3.63) is 30.1 Å². The molecule has 30 heavy (non-hydrogen) atoms. The number of carbonyl (C=O) groups excluding carboxylic acids is 1. The quantitative estimate of drug-likeness (QED) is 0.806. The lowest BCUT2D eigenvalue weighted by molar-refractivity contribution is -0.122. The number of piperazine rings is 1. The summed E-state index contributed by atoms with van der Waals surface area (Å²) in [4.78, 5) is 31.2. The molecule has 1 saturated carbocycles. The highest BCUT2D eigenvalue weighted by Gasteiger charge is 2.48. The Morgan fingerprint density at radius 3 is 2.57 bits per heavy atom. The van der Waals surface area contributed by atoms with Gasteiger partial charge in [0.25, 0.3) is 0 Å². The van der Waals surface area contributed by atoms with E-state index in [1.807, 2.05) is 31.0 Å². The smallest absolute Gasteiger partial charge is 0.238 e. The maximum atomic E-state index is 13.1. The van der Waals surface area contributed by atoms with Crippen LogP contribution in [0.4, 0.5) is 23.3 Å². The lowest BCUT2D eigenvalue weighted by Gasteiger charge is -2.29. The van der Waals surface area contributed by atoms with Crippen molar-refractivity contribution in [3.8, 4) is 0 Å². The van der Waals surface area contributed by atoms with Gasteiger partial charge in [0.1, 0.15) is 11.6 Å². The van der Waals surface area contributed by atoms with Gasteiger partial charge in [-0.1, -0.05) is 12.8 Å². The van der Waals surface area contributed by atoms with E-state index in [0.717, 1.165) is 56.1 Å². The molecule has 8 heteroatoms. The fourth-order valence-corrected chi connectivity index (χ4v) is 4.76. The maximum absolute atomic E-state index is 13.1. The molecule has 2 fully saturated rings. The van der Waals surface area contributed by atoms with Crippen molar-refractivity contribution in [1.29, 1.82) is 0 Å². The van der Waals surface area contributed by atoms with Crippen LogP contribution in [0, 0.1) is 0 Å². The van der Waals surface area contributed by atoms with Crippen molar-refractivity contribution >= 4 is 29.2 Å². The van der Waals surface area contributed by atoms with Crippen molar-refractivity contribution < 1.29 is 4.79 Å². The van der Waals surface area contributed by atoms with Gasteiger partial charge in [-0.05, 0) is 38.8 Å². The number of fused-ring (bicyclic) bond motifs is 1. The Hall–Kier alpha value is -2.74. The second-order valence-corrected chi connectivity index (χ2v) is 8.93. The van der Waals surface area contributed by atoms with E-state index in [9.17, 15) is 4.79 Å². The first kappa shape index (κ1) is 19.2. The number of aromatic nitrogens is 3. The molecule has 0 radical (unpaired) electrons. The van der Waals surface area contributed by atoms with Crippen LogP contribution in [0.5, 0.6) is 0 Å². The Labute approximate surface area is 177 Å². The van der Waals surface area contributed by atoms with Crippen LogP contribution >= 0.6 is 0 Å². The normalized spacial score (nSPS) is 21.2. The molecule has 158 valence electrons. The number of nitrogens with one attached hydrogen (secondary N) is 2. The third-order valence-electron chi connectivity index (χ3n) is 6.58. The Morgan fingerprint density at radius 2 is 1.87 bits per heavy atom. The number of amides is 1. The fraction of sp³-hybridized carbons (Fsp3) is 0.545. The van der Waals surface area contributed by atoms with Gasteiger partial charge >= 0.3 is 0 Å². The van der Waals surface area contributed by atoms with Crippen LogP contribution in [0.25, 0.3) is 0 Å². The van der Waals surface area contributed by atoms with E-state index < -0.39 is 5.41 Å². The second kappa shape index (κ2) is 7.50. The SMILES string of the molecule is CC1(C)C(=O)N(C2CCCC2)c2nc(Nc3ccc(N4CCNCC4)cn3)ncc21. The molecule has 0 aromatic carbocycles. The van der Waals surface area contributed by atoms with Gasteiger partial charge in [-0.2, -0.15) is 4.98 Å². The van der Waals surface area contributed by atoms with Gasteiger partial charge in [-0.25, -0.2) is 9.97 Å². The van der Waals surface area contributed by atoms with Crippen molar-refractivity contribution in [2.75, 3.05) is 41.3 Å². The lowest BCUT2D eigenvalue weighted by atomic mass is 9.88. The van der Waals surface area contributed by atoms with Crippen molar-refractivity contribution in [1.82, 2.24) is 20.3 Å². The lowest BCUT2D eigenvalue weighted by Crippen LogP contribution is -2.43. The first-order chi connectivity index (χ1) is 14.5. The molecule has 2 aromatic rings. The fourth-order valence-electron chi connectivity index (χ4n) is 4.76. The molecule has 2 N–H and O–H groups in total. The van der Waals surface area contributed by atoms with Crippen molar-refractivity contribution in [2.45, 2.75) is 51.0 Å². The minimum absolute atomic E-state index is 0.134. The van der Waals surface area contributed by atoms with E-state index >= 15 is 0 Å². The predicted octanol–water partition coefficient (Wildman–Crippen LogP) is 2.59. The van der Waals surface area contributed by atoms with E-state index in [1.54, 1.807) is 6.20 Å². The number of hydrogen-bond acceptors (Lipinski definition) is 7. The number of carbonyl (C=O) groups is 1. The van der Waals surface area contributed by atoms with Gasteiger partial charge in [0.15, 0.2) is 0 Å². The van der Waals surface area contributed by atoms with E-state index in [4.69, 9.17) is 4.98 Å². The molecule has 0 unspecified atom stereocenters. The molecule has 1 amide bonds. The summed E-state index contributed by atoms with van der Waals surface area (Å²) < 4.78 is 0. The van der Waals surface area contributed by atoms with Crippen LogP contribution in [0.2, 0.25) is 0 Å². The zero-order valence-corrected chi connectivity index (χ0v) is 17.7. The number of rotatable bonds is 4. The van der Waals surface area contributed by atoms with Crippen LogP contribution in [0.3, 0.4) is 0 Å². The maximum Gasteiger partial charge on any atom is 0.238 e. The Bertz CT molecular complexity index is 931. The van der Waals surface area contributed by atoms with E-state index in [0.29, 0.717) is 11.8 Å². The molecule has 0 bridgehead atoms. The van der Waals surface area contributed by atoms with Gasteiger partial charge in [0.05, 0.1) is 17.3 Å². The zero-order valence-electron chi connectivity index (χ0n) is 17.7. The predicted molar refractivity (Wildman–Crippen MR) is 117 cm³/mol. The number of pyridine rings is 1. The topological polar surface area (TPSA) is 86.3 Å². The van der Waals surface area contributed by atoms with Crippen molar-refractivity contribution in [3.63, 3.8) is 0 Å². The molecule has 1 aliphatic carbocycles. The van der Waals surface area contributed by atoms with Gasteiger partial charge in [-0.15, -0.1) is 0 Å². The molecule has 2 aliphatic heterocycles. The van der Waals surface area contributed by atoms with Gasteiger partial charge in [-0.3, -0.25) is 9.69 Å². The minimum Gasteiger partial charge on any atom is -0.368 e. The first-order valence-electron chi connectivity index (χ1n) is 10.9. The molecule has 0 spiro atoms. The van der Waals surface area contributed by atoms with E-state index in [1.165, 1.54) is 12.8 Å². The van der Waals surface area contributed by atoms with E-state index in [2.05, 4.69) is 31.6 Å². The average Bonchev–Trinajstić information content (AvgIpc) is 3.35. The summed E-state index contributed by atoms with van der Waals surface area (Å²) in [6.07, 6.45) is 8.12. The highest BCUT2D eigenvalue weighted by Crippen LogP contribution is 2.43. The zero-order chi connectivity index (χ0) is 20.7. The molecule has 4 heterocycles. The first-order valence-corrected chi connectivity index (χ1v) is 10.9. The molecule has 8 nitrogen and oxygen atoms in total. The molecule has 2 aromatic heterocycles. The number of hydrogen-bond donors (Lipinski definition) is 2. The highest BCUT2D eigenvalue weighted by atomic mass is 16.2. The van der Waals surface area contributed by atoms with Gasteiger partial charge in [0, 0.05) is 44.0 Å². The summed E-state index contributed by atoms with van der Waals surface area (Å²) >= 11 is 0. The summed E-state index contributed by atoms with van der Waals surface area (Å²) in [5, 5.41) is 6.58. The third kappa shape index (κ3) is 3.29.